The molecule has 2 aromatic rings. The molecule has 1 aliphatic carbocycles. The Balaban J connectivity index is 0.00000280. The van der Waals surface area contributed by atoms with Gasteiger partial charge in [-0.25, -0.2) is 9.98 Å². The van der Waals surface area contributed by atoms with E-state index in [9.17, 15) is 5.11 Å². The van der Waals surface area contributed by atoms with Gasteiger partial charge in [-0.2, -0.15) is 0 Å². The maximum absolute atomic E-state index is 10.5. The number of guanidine groups is 1. The monoisotopic (exact) mass is 518 g/mol. The minimum atomic E-state index is -1.12. The van der Waals surface area contributed by atoms with E-state index in [4.69, 9.17) is 9.40 Å². The van der Waals surface area contributed by atoms with Crippen molar-refractivity contribution in [2.24, 2.45) is 4.99 Å². The van der Waals surface area contributed by atoms with Crippen LogP contribution >= 0.6 is 35.3 Å². The molecule has 3 rings (SSSR count). The second-order valence-electron chi connectivity index (χ2n) is 7.16. The first-order chi connectivity index (χ1) is 13.1. The number of aryl methyl sites for hydroxylation is 3. The Morgan fingerprint density at radius 2 is 2.18 bits per heavy atom. The molecular weight excluding hydrogens is 487 g/mol. The first-order valence-corrected chi connectivity index (χ1v) is 10.7. The van der Waals surface area contributed by atoms with Crippen molar-refractivity contribution >= 4 is 41.3 Å². The average Bonchev–Trinajstić information content (AvgIpc) is 3.32. The number of hydrogen-bond acceptors (Lipinski definition) is 5. The van der Waals surface area contributed by atoms with E-state index < -0.39 is 5.60 Å². The molecule has 0 aromatic carbocycles. The van der Waals surface area contributed by atoms with Crippen molar-refractivity contribution in [3.63, 3.8) is 0 Å². The highest BCUT2D eigenvalue weighted by Crippen LogP contribution is 2.27. The van der Waals surface area contributed by atoms with Gasteiger partial charge in [-0.1, -0.05) is 0 Å². The first-order valence-electron chi connectivity index (χ1n) is 9.84. The summed E-state index contributed by atoms with van der Waals surface area (Å²) in [5.74, 6) is 1.23. The molecule has 1 aliphatic rings. The van der Waals surface area contributed by atoms with Crippen molar-refractivity contribution in [1.29, 1.82) is 0 Å². The number of nitrogens with one attached hydrogen (secondary N) is 2. The van der Waals surface area contributed by atoms with E-state index in [0.717, 1.165) is 32.4 Å². The number of thiazole rings is 1. The maximum atomic E-state index is 10.5. The molecule has 1 atom stereocenters. The van der Waals surface area contributed by atoms with Crippen molar-refractivity contribution < 1.29 is 9.52 Å². The Morgan fingerprint density at radius 3 is 2.89 bits per heavy atom. The fourth-order valence-corrected chi connectivity index (χ4v) is 4.40. The molecule has 0 saturated heterocycles. The summed E-state index contributed by atoms with van der Waals surface area (Å²) >= 11 is 1.89. The summed E-state index contributed by atoms with van der Waals surface area (Å²) in [6.45, 7) is 5.56. The van der Waals surface area contributed by atoms with Crippen LogP contribution in [0.2, 0.25) is 0 Å². The average molecular weight is 518 g/mol. The molecule has 1 unspecified atom stereocenters. The number of fused-ring (bicyclic) bond motifs is 1. The summed E-state index contributed by atoms with van der Waals surface area (Å²) in [5, 5.41) is 18.4. The van der Waals surface area contributed by atoms with Crippen molar-refractivity contribution in [2.75, 3.05) is 19.6 Å². The molecule has 3 N–H and O–H groups in total. The second-order valence-corrected chi connectivity index (χ2v) is 8.33. The Bertz CT molecular complexity index is 720. The number of nitrogens with zero attached hydrogens (tertiary/aromatic N) is 2. The molecule has 0 amide bonds. The topological polar surface area (TPSA) is 82.7 Å². The lowest BCUT2D eigenvalue weighted by Gasteiger charge is -2.19. The molecule has 0 fully saturated rings. The van der Waals surface area contributed by atoms with Crippen LogP contribution in [0.25, 0.3) is 0 Å². The van der Waals surface area contributed by atoms with Gasteiger partial charge in [0.25, 0.3) is 0 Å². The molecule has 2 heterocycles. The number of aliphatic hydroxyl groups is 1. The normalized spacial score (nSPS) is 16.0. The Kier molecular flexibility index (Phi) is 9.23. The molecule has 0 saturated carbocycles. The minimum Gasteiger partial charge on any atom is -0.466 e. The van der Waals surface area contributed by atoms with Crippen LogP contribution < -0.4 is 10.6 Å². The number of hydrogen-bond donors (Lipinski definition) is 3. The van der Waals surface area contributed by atoms with Gasteiger partial charge in [-0.3, -0.25) is 0 Å². The standard InChI is InChI=1S/C20H30N4O2S.HI/c1-3-21-19(23-14-20(2,25)17-10-7-13-26-17)22-12-6-11-18-24-15-8-4-5-9-16(15)27-18;/h7,10,13,25H,3-6,8-9,11-12,14H2,1-2H3,(H2,21,22,23);1H. The quantitative estimate of drug-likeness (QED) is 0.215. The number of aliphatic imine (C=N–C) groups is 1. The molecular formula is C20H31IN4O2S. The van der Waals surface area contributed by atoms with Crippen molar-refractivity contribution in [3.8, 4) is 0 Å². The predicted molar refractivity (Wildman–Crippen MR) is 125 cm³/mol. The zero-order chi connectivity index (χ0) is 19.1. The van der Waals surface area contributed by atoms with E-state index >= 15 is 0 Å². The van der Waals surface area contributed by atoms with Gasteiger partial charge in [0.1, 0.15) is 11.4 Å². The lowest BCUT2D eigenvalue weighted by atomic mass is 10.0. The van der Waals surface area contributed by atoms with Gasteiger partial charge in [0.15, 0.2) is 5.96 Å². The van der Waals surface area contributed by atoms with Crippen LogP contribution in [0.5, 0.6) is 0 Å². The van der Waals surface area contributed by atoms with E-state index in [1.165, 1.54) is 34.8 Å². The Labute approximate surface area is 188 Å². The van der Waals surface area contributed by atoms with Crippen molar-refractivity contribution in [1.82, 2.24) is 15.6 Å². The molecule has 28 heavy (non-hydrogen) atoms. The van der Waals surface area contributed by atoms with E-state index in [1.54, 1.807) is 25.3 Å². The fourth-order valence-electron chi connectivity index (χ4n) is 3.20. The molecule has 0 spiro atoms. The number of furan rings is 1. The van der Waals surface area contributed by atoms with Crippen LogP contribution in [0.15, 0.2) is 27.8 Å². The molecule has 6 nitrogen and oxygen atoms in total. The van der Waals surface area contributed by atoms with E-state index in [1.807, 2.05) is 18.3 Å². The number of halogens is 1. The van der Waals surface area contributed by atoms with Crippen LogP contribution in [-0.4, -0.2) is 35.7 Å². The summed E-state index contributed by atoms with van der Waals surface area (Å²) < 4.78 is 5.31. The first kappa shape index (κ1) is 23.2. The van der Waals surface area contributed by atoms with Crippen LogP contribution in [-0.2, 0) is 24.9 Å². The van der Waals surface area contributed by atoms with Crippen LogP contribution in [0.4, 0.5) is 0 Å². The highest BCUT2D eigenvalue weighted by molar-refractivity contribution is 14.0. The fraction of sp³-hybridized carbons (Fsp3) is 0.600. The lowest BCUT2D eigenvalue weighted by molar-refractivity contribution is 0.0437. The van der Waals surface area contributed by atoms with E-state index in [0.29, 0.717) is 11.7 Å². The lowest BCUT2D eigenvalue weighted by Crippen LogP contribution is -2.39. The Morgan fingerprint density at radius 1 is 1.36 bits per heavy atom. The number of rotatable bonds is 8. The van der Waals surface area contributed by atoms with Gasteiger partial charge in [0.05, 0.1) is 23.5 Å². The molecule has 0 radical (unpaired) electrons. The summed E-state index contributed by atoms with van der Waals surface area (Å²) in [6, 6.07) is 3.54. The highest BCUT2D eigenvalue weighted by Gasteiger charge is 2.26. The summed E-state index contributed by atoms with van der Waals surface area (Å²) in [7, 11) is 0. The zero-order valence-corrected chi connectivity index (χ0v) is 19.8. The van der Waals surface area contributed by atoms with Gasteiger partial charge in [-0.15, -0.1) is 35.3 Å². The van der Waals surface area contributed by atoms with Crippen LogP contribution in [0.3, 0.4) is 0 Å². The van der Waals surface area contributed by atoms with E-state index in [2.05, 4.69) is 15.6 Å². The summed E-state index contributed by atoms with van der Waals surface area (Å²) in [6.07, 6.45) is 8.50. The third-order valence-corrected chi connectivity index (χ3v) is 5.91. The molecule has 0 aliphatic heterocycles. The SMILES string of the molecule is CCNC(=NCC(C)(O)c1ccco1)NCCCc1nc2c(s1)CCCC2.I. The molecule has 0 bridgehead atoms. The third kappa shape index (κ3) is 6.45. The second kappa shape index (κ2) is 11.2. The zero-order valence-electron chi connectivity index (χ0n) is 16.7. The van der Waals surface area contributed by atoms with Gasteiger partial charge in [-0.05, 0) is 58.1 Å². The largest absolute Gasteiger partial charge is 0.466 e. The Hall–Kier alpha value is -1.13. The van der Waals surface area contributed by atoms with Crippen molar-refractivity contribution in [2.45, 2.75) is 58.0 Å². The van der Waals surface area contributed by atoms with Gasteiger partial charge < -0.3 is 20.2 Å². The van der Waals surface area contributed by atoms with Gasteiger partial charge in [0.2, 0.25) is 0 Å². The molecule has 8 heteroatoms. The predicted octanol–water partition coefficient (Wildman–Crippen LogP) is 3.63. The van der Waals surface area contributed by atoms with Gasteiger partial charge >= 0.3 is 0 Å². The smallest absolute Gasteiger partial charge is 0.191 e. The van der Waals surface area contributed by atoms with Crippen molar-refractivity contribution in [3.05, 3.63) is 39.7 Å². The number of aromatic nitrogens is 1. The third-order valence-electron chi connectivity index (χ3n) is 4.69. The van der Waals surface area contributed by atoms with Crippen LogP contribution in [0.1, 0.15) is 54.4 Å². The van der Waals surface area contributed by atoms with Crippen LogP contribution in [0, 0.1) is 0 Å². The van der Waals surface area contributed by atoms with Gasteiger partial charge in [0, 0.05) is 24.4 Å². The molecule has 2 aromatic heterocycles. The highest BCUT2D eigenvalue weighted by atomic mass is 127. The summed E-state index contributed by atoms with van der Waals surface area (Å²) in [4.78, 5) is 10.8. The minimum absolute atomic E-state index is 0. The maximum Gasteiger partial charge on any atom is 0.191 e. The molecule has 156 valence electrons. The summed E-state index contributed by atoms with van der Waals surface area (Å²) in [5.41, 5.74) is 0.218. The van der Waals surface area contributed by atoms with E-state index in [-0.39, 0.29) is 30.5 Å².